The number of halogens is 2. The van der Waals surface area contributed by atoms with Crippen molar-refractivity contribution in [2.75, 3.05) is 6.54 Å². The van der Waals surface area contributed by atoms with Crippen LogP contribution in [0.3, 0.4) is 0 Å². The molecule has 3 rings (SSSR count). The third-order valence-electron chi connectivity index (χ3n) is 4.27. The molecular formula is C13H15Cl2N. The van der Waals surface area contributed by atoms with Gasteiger partial charge < -0.3 is 5.73 Å². The molecule has 0 amide bonds. The van der Waals surface area contributed by atoms with Crippen LogP contribution in [-0.2, 0) is 5.41 Å². The summed E-state index contributed by atoms with van der Waals surface area (Å²) in [7, 11) is 0. The molecule has 2 fully saturated rings. The van der Waals surface area contributed by atoms with E-state index >= 15 is 0 Å². The van der Waals surface area contributed by atoms with Gasteiger partial charge in [0, 0.05) is 22.0 Å². The number of rotatable bonds is 2. The van der Waals surface area contributed by atoms with Crippen molar-refractivity contribution < 1.29 is 0 Å². The fourth-order valence-electron chi connectivity index (χ4n) is 3.34. The maximum absolute atomic E-state index is 6.28. The average molecular weight is 256 g/mol. The molecule has 16 heavy (non-hydrogen) atoms. The SMILES string of the molecule is NCC1(c2c(Cl)cccc2Cl)CC2(CC2)C1. The first-order chi connectivity index (χ1) is 7.61. The van der Waals surface area contributed by atoms with Crippen molar-refractivity contribution in [3.05, 3.63) is 33.8 Å². The molecule has 1 aromatic rings. The van der Waals surface area contributed by atoms with Crippen LogP contribution < -0.4 is 5.73 Å². The van der Waals surface area contributed by atoms with Gasteiger partial charge in [0.15, 0.2) is 0 Å². The van der Waals surface area contributed by atoms with Gasteiger partial charge >= 0.3 is 0 Å². The van der Waals surface area contributed by atoms with E-state index in [0.717, 1.165) is 15.6 Å². The molecule has 0 bridgehead atoms. The highest BCUT2D eigenvalue weighted by Gasteiger charge is 2.61. The van der Waals surface area contributed by atoms with Crippen LogP contribution >= 0.6 is 23.2 Å². The molecule has 1 aromatic carbocycles. The van der Waals surface area contributed by atoms with Gasteiger partial charge in [-0.15, -0.1) is 0 Å². The van der Waals surface area contributed by atoms with E-state index in [1.807, 2.05) is 18.2 Å². The molecule has 2 N–H and O–H groups in total. The zero-order chi connectivity index (χ0) is 11.4. The van der Waals surface area contributed by atoms with Gasteiger partial charge in [0.1, 0.15) is 0 Å². The molecule has 0 aliphatic heterocycles. The van der Waals surface area contributed by atoms with Crippen LogP contribution in [0.2, 0.25) is 10.0 Å². The smallest absolute Gasteiger partial charge is 0.0459 e. The monoisotopic (exact) mass is 255 g/mol. The summed E-state index contributed by atoms with van der Waals surface area (Å²) >= 11 is 12.6. The Bertz CT molecular complexity index is 409. The second-order valence-electron chi connectivity index (χ2n) is 5.43. The lowest BCUT2D eigenvalue weighted by atomic mass is 9.56. The molecule has 0 unspecified atom stereocenters. The number of hydrogen-bond donors (Lipinski definition) is 1. The molecule has 2 saturated carbocycles. The van der Waals surface area contributed by atoms with Gasteiger partial charge in [-0.1, -0.05) is 29.3 Å². The Morgan fingerprint density at radius 2 is 1.69 bits per heavy atom. The predicted octanol–water partition coefficient (Wildman–Crippen LogP) is 3.76. The molecular weight excluding hydrogens is 241 g/mol. The second-order valence-corrected chi connectivity index (χ2v) is 6.25. The Kier molecular flexibility index (Phi) is 2.30. The van der Waals surface area contributed by atoms with Crippen molar-refractivity contribution in [1.82, 2.24) is 0 Å². The summed E-state index contributed by atoms with van der Waals surface area (Å²) < 4.78 is 0. The molecule has 0 atom stereocenters. The summed E-state index contributed by atoms with van der Waals surface area (Å²) in [6.07, 6.45) is 5.05. The molecule has 0 aromatic heterocycles. The fraction of sp³-hybridized carbons (Fsp3) is 0.538. The third-order valence-corrected chi connectivity index (χ3v) is 4.90. The van der Waals surface area contributed by atoms with Crippen LogP contribution in [-0.4, -0.2) is 6.54 Å². The quantitative estimate of drug-likeness (QED) is 0.856. The van der Waals surface area contributed by atoms with Gasteiger partial charge in [0.25, 0.3) is 0 Å². The van der Waals surface area contributed by atoms with Gasteiger partial charge in [-0.05, 0) is 48.8 Å². The Balaban J connectivity index is 2.01. The van der Waals surface area contributed by atoms with Crippen molar-refractivity contribution in [2.45, 2.75) is 31.1 Å². The van der Waals surface area contributed by atoms with E-state index < -0.39 is 0 Å². The van der Waals surface area contributed by atoms with Gasteiger partial charge in [0.05, 0.1) is 0 Å². The average Bonchev–Trinajstić information content (AvgIpc) is 2.96. The molecule has 0 saturated heterocycles. The summed E-state index contributed by atoms with van der Waals surface area (Å²) in [5, 5.41) is 1.54. The number of hydrogen-bond acceptors (Lipinski definition) is 1. The Hall–Kier alpha value is -0.240. The highest BCUT2D eigenvalue weighted by atomic mass is 35.5. The molecule has 1 spiro atoms. The van der Waals surface area contributed by atoms with Gasteiger partial charge in [-0.3, -0.25) is 0 Å². The van der Waals surface area contributed by atoms with Crippen molar-refractivity contribution in [3.63, 3.8) is 0 Å². The summed E-state index contributed by atoms with van der Waals surface area (Å²) in [5.74, 6) is 0. The Labute approximate surface area is 106 Å². The van der Waals surface area contributed by atoms with E-state index in [4.69, 9.17) is 28.9 Å². The van der Waals surface area contributed by atoms with Gasteiger partial charge in [-0.2, -0.15) is 0 Å². The number of benzene rings is 1. The first-order valence-corrected chi connectivity index (χ1v) is 6.51. The maximum atomic E-state index is 6.28. The molecule has 0 heterocycles. The Morgan fingerprint density at radius 1 is 1.12 bits per heavy atom. The van der Waals surface area contributed by atoms with Crippen LogP contribution in [0.25, 0.3) is 0 Å². The lowest BCUT2D eigenvalue weighted by Crippen LogP contribution is -2.48. The first kappa shape index (κ1) is 10.9. The largest absolute Gasteiger partial charge is 0.330 e. The highest BCUT2D eigenvalue weighted by Crippen LogP contribution is 2.69. The zero-order valence-electron chi connectivity index (χ0n) is 9.10. The van der Waals surface area contributed by atoms with Gasteiger partial charge in [-0.25, -0.2) is 0 Å². The summed E-state index contributed by atoms with van der Waals surface area (Å²) in [4.78, 5) is 0. The Morgan fingerprint density at radius 3 is 2.12 bits per heavy atom. The van der Waals surface area contributed by atoms with Crippen LogP contribution in [0.4, 0.5) is 0 Å². The summed E-state index contributed by atoms with van der Waals surface area (Å²) in [6.45, 7) is 0.651. The van der Waals surface area contributed by atoms with Crippen molar-refractivity contribution in [2.24, 2.45) is 11.1 Å². The van der Waals surface area contributed by atoms with Gasteiger partial charge in [0.2, 0.25) is 0 Å². The molecule has 3 heteroatoms. The van der Waals surface area contributed by atoms with Crippen LogP contribution in [0.15, 0.2) is 18.2 Å². The minimum absolute atomic E-state index is 0.0475. The van der Waals surface area contributed by atoms with Crippen molar-refractivity contribution in [1.29, 1.82) is 0 Å². The van der Waals surface area contributed by atoms with E-state index in [1.165, 1.54) is 25.7 Å². The van der Waals surface area contributed by atoms with E-state index in [2.05, 4.69) is 0 Å². The lowest BCUT2D eigenvalue weighted by molar-refractivity contribution is 0.126. The normalized spacial score (nSPS) is 24.2. The standard InChI is InChI=1S/C13H15Cl2N/c14-9-2-1-3-10(15)11(9)13(8-16)6-12(7-13)4-5-12/h1-3H,4-8,16H2. The van der Waals surface area contributed by atoms with E-state index in [0.29, 0.717) is 12.0 Å². The fourth-order valence-corrected chi connectivity index (χ4v) is 4.14. The molecule has 86 valence electrons. The van der Waals surface area contributed by atoms with E-state index in [1.54, 1.807) is 0 Å². The maximum Gasteiger partial charge on any atom is 0.0459 e. The number of nitrogens with two attached hydrogens (primary N) is 1. The lowest BCUT2D eigenvalue weighted by Gasteiger charge is -2.49. The topological polar surface area (TPSA) is 26.0 Å². The zero-order valence-corrected chi connectivity index (χ0v) is 10.6. The van der Waals surface area contributed by atoms with Crippen LogP contribution in [0, 0.1) is 5.41 Å². The predicted molar refractivity (Wildman–Crippen MR) is 68.1 cm³/mol. The first-order valence-electron chi connectivity index (χ1n) is 5.76. The highest BCUT2D eigenvalue weighted by molar-refractivity contribution is 6.36. The van der Waals surface area contributed by atoms with E-state index in [-0.39, 0.29) is 5.41 Å². The second kappa shape index (κ2) is 3.38. The molecule has 2 aliphatic rings. The molecule has 2 aliphatic carbocycles. The van der Waals surface area contributed by atoms with Crippen molar-refractivity contribution in [3.8, 4) is 0 Å². The molecule has 1 nitrogen and oxygen atoms in total. The van der Waals surface area contributed by atoms with Crippen molar-refractivity contribution >= 4 is 23.2 Å². The minimum atomic E-state index is 0.0475. The van der Waals surface area contributed by atoms with Crippen LogP contribution in [0.5, 0.6) is 0 Å². The summed E-state index contributed by atoms with van der Waals surface area (Å²) in [5.41, 5.74) is 7.70. The summed E-state index contributed by atoms with van der Waals surface area (Å²) in [6, 6.07) is 5.72. The third kappa shape index (κ3) is 1.42. The molecule has 0 radical (unpaired) electrons. The van der Waals surface area contributed by atoms with E-state index in [9.17, 15) is 0 Å². The van der Waals surface area contributed by atoms with Crippen LogP contribution in [0.1, 0.15) is 31.2 Å². The minimum Gasteiger partial charge on any atom is -0.330 e.